The fourth-order valence-corrected chi connectivity index (χ4v) is 1.42. The van der Waals surface area contributed by atoms with E-state index in [1.54, 1.807) is 0 Å². The molecule has 0 N–H and O–H groups in total. The molecule has 0 aromatic carbocycles. The van der Waals surface area contributed by atoms with Gasteiger partial charge in [0.15, 0.2) is 0 Å². The van der Waals surface area contributed by atoms with Crippen molar-refractivity contribution < 1.29 is 9.31 Å². The molecule has 4 nitrogen and oxygen atoms in total. The number of rotatable bonds is 3. The fourth-order valence-electron chi connectivity index (χ4n) is 1.42. The Bertz CT molecular complexity index is 428. The number of nitrogens with zero attached hydrogens (tertiary/aromatic N) is 2. The van der Waals surface area contributed by atoms with Gasteiger partial charge in [0, 0.05) is 6.21 Å². The second kappa shape index (κ2) is 5.09. The first-order chi connectivity index (χ1) is 8.23. The first kappa shape index (κ1) is 14.7. The Morgan fingerprint density at radius 2 is 1.78 bits per heavy atom. The van der Waals surface area contributed by atoms with Gasteiger partial charge in [-0.1, -0.05) is 12.7 Å². The fraction of sp³-hybridized carbons (Fsp3) is 0.538. The highest BCUT2D eigenvalue weighted by atomic mass is 16.7. The summed E-state index contributed by atoms with van der Waals surface area (Å²) in [5.41, 5.74) is 0.150. The zero-order valence-electron chi connectivity index (χ0n) is 11.7. The minimum atomic E-state index is -0.511. The average Bonchev–Trinajstić information content (AvgIpc) is 2.48. The Balaban J connectivity index is 2.87. The number of allylic oxidation sites excluding steroid dienone is 2. The quantitative estimate of drug-likeness (QED) is 0.437. The van der Waals surface area contributed by atoms with Gasteiger partial charge in [-0.25, -0.2) is 0 Å². The summed E-state index contributed by atoms with van der Waals surface area (Å²) in [6, 6.07) is 1.91. The molecule has 0 bridgehead atoms. The van der Waals surface area contributed by atoms with E-state index < -0.39 is 18.3 Å². The summed E-state index contributed by atoms with van der Waals surface area (Å²) in [5.74, 6) is 0. The van der Waals surface area contributed by atoms with Crippen LogP contribution in [0.4, 0.5) is 0 Å². The van der Waals surface area contributed by atoms with Crippen molar-refractivity contribution in [2.45, 2.75) is 45.8 Å². The van der Waals surface area contributed by atoms with E-state index in [-0.39, 0.29) is 0 Å². The summed E-state index contributed by atoms with van der Waals surface area (Å²) in [4.78, 5) is 4.19. The molecular formula is C13H19BN2O2. The predicted octanol–water partition coefficient (Wildman–Crippen LogP) is 2.67. The van der Waals surface area contributed by atoms with E-state index in [0.29, 0.717) is 11.2 Å². The Kier molecular flexibility index (Phi) is 4.15. The van der Waals surface area contributed by atoms with Gasteiger partial charge in [0.05, 0.1) is 22.4 Å². The topological polar surface area (TPSA) is 54.6 Å². The lowest BCUT2D eigenvalue weighted by Gasteiger charge is -2.32. The van der Waals surface area contributed by atoms with Gasteiger partial charge in [-0.15, -0.1) is 0 Å². The molecule has 0 aromatic heterocycles. The minimum Gasteiger partial charge on any atom is -0.398 e. The van der Waals surface area contributed by atoms with Gasteiger partial charge in [0.2, 0.25) is 0 Å². The SMILES string of the molecule is C=C(C#N)/C=N\C(=C/C)B1OC(C)(C)C(C)(C)O1. The molecule has 1 fully saturated rings. The van der Waals surface area contributed by atoms with E-state index in [1.165, 1.54) is 6.21 Å². The van der Waals surface area contributed by atoms with Gasteiger partial charge in [0.1, 0.15) is 6.07 Å². The standard InChI is InChI=1S/C13H19BN2O2/c1-7-11(16-9-10(2)8-15)14-17-12(3,4)13(5,6)18-14/h7,9H,2H2,1,3-6H3/b11-7-,16-9-. The largest absolute Gasteiger partial charge is 0.514 e. The van der Waals surface area contributed by atoms with Gasteiger partial charge >= 0.3 is 7.12 Å². The third kappa shape index (κ3) is 2.89. The molecule has 1 aliphatic heterocycles. The van der Waals surface area contributed by atoms with Crippen molar-refractivity contribution >= 4 is 13.3 Å². The van der Waals surface area contributed by atoms with E-state index in [0.717, 1.165) is 0 Å². The molecule has 0 unspecified atom stereocenters. The Morgan fingerprint density at radius 3 is 2.17 bits per heavy atom. The van der Waals surface area contributed by atoms with Crippen LogP contribution in [0.1, 0.15) is 34.6 Å². The zero-order chi connectivity index (χ0) is 14.0. The molecule has 5 heteroatoms. The Hall–Kier alpha value is -1.38. The summed E-state index contributed by atoms with van der Waals surface area (Å²) in [5, 5.41) is 8.63. The van der Waals surface area contributed by atoms with Crippen molar-refractivity contribution in [2.75, 3.05) is 0 Å². The molecule has 0 aliphatic carbocycles. The smallest absolute Gasteiger partial charge is 0.398 e. The third-order valence-corrected chi connectivity index (χ3v) is 3.30. The highest BCUT2D eigenvalue weighted by molar-refractivity contribution is 6.54. The summed E-state index contributed by atoms with van der Waals surface area (Å²) < 4.78 is 11.7. The summed E-state index contributed by atoms with van der Waals surface area (Å²) >= 11 is 0. The van der Waals surface area contributed by atoms with Crippen LogP contribution < -0.4 is 0 Å². The van der Waals surface area contributed by atoms with Gasteiger partial charge < -0.3 is 9.31 Å². The summed E-state index contributed by atoms with van der Waals surface area (Å²) in [6.45, 7) is 13.3. The van der Waals surface area contributed by atoms with Crippen LogP contribution in [0.25, 0.3) is 0 Å². The van der Waals surface area contributed by atoms with E-state index in [9.17, 15) is 0 Å². The van der Waals surface area contributed by atoms with Crippen molar-refractivity contribution in [3.05, 3.63) is 23.8 Å². The number of hydrogen-bond donors (Lipinski definition) is 0. The van der Waals surface area contributed by atoms with E-state index in [4.69, 9.17) is 14.6 Å². The Labute approximate surface area is 109 Å². The van der Waals surface area contributed by atoms with Crippen molar-refractivity contribution in [3.8, 4) is 6.07 Å². The van der Waals surface area contributed by atoms with Gasteiger partial charge in [-0.05, 0) is 34.6 Å². The zero-order valence-corrected chi connectivity index (χ0v) is 11.7. The maximum absolute atomic E-state index is 8.63. The highest BCUT2D eigenvalue weighted by Gasteiger charge is 2.52. The van der Waals surface area contributed by atoms with E-state index in [1.807, 2.05) is 46.8 Å². The van der Waals surface area contributed by atoms with Crippen LogP contribution in [0.3, 0.4) is 0 Å². The molecule has 0 radical (unpaired) electrons. The average molecular weight is 246 g/mol. The van der Waals surface area contributed by atoms with E-state index in [2.05, 4.69) is 11.6 Å². The van der Waals surface area contributed by atoms with Crippen molar-refractivity contribution in [1.82, 2.24) is 0 Å². The van der Waals surface area contributed by atoms with Crippen LogP contribution >= 0.6 is 0 Å². The number of hydrogen-bond acceptors (Lipinski definition) is 4. The lowest BCUT2D eigenvalue weighted by atomic mass is 9.84. The van der Waals surface area contributed by atoms with Crippen LogP contribution in [0, 0.1) is 11.3 Å². The van der Waals surface area contributed by atoms with Crippen LogP contribution in [-0.2, 0) is 9.31 Å². The first-order valence-corrected chi connectivity index (χ1v) is 5.88. The lowest BCUT2D eigenvalue weighted by Crippen LogP contribution is -2.41. The van der Waals surface area contributed by atoms with Crippen LogP contribution in [0.5, 0.6) is 0 Å². The molecular weight excluding hydrogens is 227 g/mol. The second-order valence-corrected chi connectivity index (χ2v) is 5.20. The van der Waals surface area contributed by atoms with Gasteiger partial charge in [0.25, 0.3) is 0 Å². The van der Waals surface area contributed by atoms with Gasteiger partial charge in [-0.3, -0.25) is 4.99 Å². The molecule has 0 spiro atoms. The molecule has 96 valence electrons. The molecule has 0 amide bonds. The maximum Gasteiger partial charge on any atom is 0.514 e. The Morgan fingerprint density at radius 1 is 1.28 bits per heavy atom. The van der Waals surface area contributed by atoms with Crippen LogP contribution in [-0.4, -0.2) is 24.5 Å². The minimum absolute atomic E-state index is 0.297. The van der Waals surface area contributed by atoms with E-state index >= 15 is 0 Å². The molecule has 1 heterocycles. The molecule has 0 saturated carbocycles. The van der Waals surface area contributed by atoms with Gasteiger partial charge in [-0.2, -0.15) is 5.26 Å². The maximum atomic E-state index is 8.63. The first-order valence-electron chi connectivity index (χ1n) is 5.88. The molecule has 1 saturated heterocycles. The molecule has 1 rings (SSSR count). The van der Waals surface area contributed by atoms with Crippen LogP contribution in [0.15, 0.2) is 28.8 Å². The van der Waals surface area contributed by atoms with Crippen LogP contribution in [0.2, 0.25) is 0 Å². The third-order valence-electron chi connectivity index (χ3n) is 3.30. The number of nitriles is 1. The number of aliphatic imine (C=N–C) groups is 1. The summed E-state index contributed by atoms with van der Waals surface area (Å²) in [6.07, 6.45) is 3.23. The molecule has 1 aliphatic rings. The lowest BCUT2D eigenvalue weighted by molar-refractivity contribution is 0.00578. The normalized spacial score (nSPS) is 22.2. The van der Waals surface area contributed by atoms with Crippen molar-refractivity contribution in [3.63, 3.8) is 0 Å². The predicted molar refractivity (Wildman–Crippen MR) is 73.1 cm³/mol. The van der Waals surface area contributed by atoms with Crippen molar-refractivity contribution in [1.29, 1.82) is 5.26 Å². The summed E-state index contributed by atoms with van der Waals surface area (Å²) in [7, 11) is -0.511. The highest BCUT2D eigenvalue weighted by Crippen LogP contribution is 2.38. The second-order valence-electron chi connectivity index (χ2n) is 5.20. The molecule has 0 aromatic rings. The monoisotopic (exact) mass is 246 g/mol. The van der Waals surface area contributed by atoms with Crippen molar-refractivity contribution in [2.24, 2.45) is 4.99 Å². The molecule has 0 atom stereocenters. The molecule has 18 heavy (non-hydrogen) atoms.